The van der Waals surface area contributed by atoms with Crippen LogP contribution in [0.15, 0.2) is 40.8 Å². The first-order chi connectivity index (χ1) is 17.4. The lowest BCUT2D eigenvalue weighted by molar-refractivity contribution is -0.146. The number of anilines is 1. The molecule has 11 heteroatoms. The number of carbonyl (C=O) groups excluding carboxylic acids is 3. The van der Waals surface area contributed by atoms with Crippen molar-refractivity contribution >= 4 is 34.7 Å². The summed E-state index contributed by atoms with van der Waals surface area (Å²) < 4.78 is 26.5. The second-order valence-electron chi connectivity index (χ2n) is 7.38. The lowest BCUT2D eigenvalue weighted by atomic mass is 10.1. The zero-order valence-corrected chi connectivity index (χ0v) is 20.3. The van der Waals surface area contributed by atoms with E-state index in [0.29, 0.717) is 11.1 Å². The van der Waals surface area contributed by atoms with E-state index in [-0.39, 0.29) is 61.6 Å². The molecule has 0 radical (unpaired) electrons. The van der Waals surface area contributed by atoms with Crippen LogP contribution in [0.4, 0.5) is 5.69 Å². The van der Waals surface area contributed by atoms with Gasteiger partial charge in [0.15, 0.2) is 12.2 Å². The number of para-hydroxylation sites is 2. The van der Waals surface area contributed by atoms with Crippen LogP contribution in [0.2, 0.25) is 0 Å². The van der Waals surface area contributed by atoms with Crippen LogP contribution < -0.4 is 9.64 Å². The first kappa shape index (κ1) is 26.3. The number of fused-ring (bicyclic) bond motifs is 1. The van der Waals surface area contributed by atoms with E-state index in [1.165, 1.54) is 17.0 Å². The zero-order chi connectivity index (χ0) is 26.1. The number of carbonyl (C=O) groups is 3. The van der Waals surface area contributed by atoms with Gasteiger partial charge < -0.3 is 33.4 Å². The fourth-order valence-electron chi connectivity index (χ4n) is 3.37. The van der Waals surface area contributed by atoms with Crippen molar-refractivity contribution in [2.75, 3.05) is 44.4 Å². The molecule has 11 nitrogen and oxygen atoms in total. The minimum absolute atomic E-state index is 0.0757. The highest BCUT2D eigenvalue weighted by Crippen LogP contribution is 2.40. The van der Waals surface area contributed by atoms with Crippen molar-refractivity contribution in [1.29, 1.82) is 0 Å². The molecule has 0 unspecified atom stereocenters. The van der Waals surface area contributed by atoms with Crippen LogP contribution in [0.25, 0.3) is 22.6 Å². The topological polar surface area (TPSA) is 138 Å². The number of phenols is 1. The Morgan fingerprint density at radius 1 is 0.917 bits per heavy atom. The number of esters is 3. The second-order valence-corrected chi connectivity index (χ2v) is 7.38. The number of nitrogens with zero attached hydrogens (tertiary/aromatic N) is 2. The zero-order valence-electron chi connectivity index (χ0n) is 20.3. The molecule has 0 aliphatic rings. The molecular weight excluding hydrogens is 472 g/mol. The van der Waals surface area contributed by atoms with Gasteiger partial charge in [0.1, 0.15) is 30.1 Å². The Morgan fingerprint density at radius 3 is 2.14 bits per heavy atom. The van der Waals surface area contributed by atoms with Crippen LogP contribution in [0.5, 0.6) is 11.5 Å². The smallest absolute Gasteiger partial charge is 0.344 e. The number of hydrogen-bond donors (Lipinski definition) is 1. The summed E-state index contributed by atoms with van der Waals surface area (Å²) in [6, 6.07) is 9.79. The van der Waals surface area contributed by atoms with E-state index in [1.54, 1.807) is 45.0 Å². The van der Waals surface area contributed by atoms with Gasteiger partial charge in [0.2, 0.25) is 5.89 Å². The van der Waals surface area contributed by atoms with Crippen molar-refractivity contribution < 1.29 is 42.9 Å². The molecule has 0 aliphatic heterocycles. The molecule has 0 saturated carbocycles. The average Bonchev–Trinajstić information content (AvgIpc) is 3.27. The number of rotatable bonds is 12. The summed E-state index contributed by atoms with van der Waals surface area (Å²) in [4.78, 5) is 42.3. The van der Waals surface area contributed by atoms with Gasteiger partial charge in [-0.3, -0.25) is 9.59 Å². The van der Waals surface area contributed by atoms with Gasteiger partial charge in [-0.25, -0.2) is 9.78 Å². The molecule has 1 heterocycles. The predicted molar refractivity (Wildman–Crippen MR) is 129 cm³/mol. The molecule has 0 saturated heterocycles. The molecule has 0 amide bonds. The summed E-state index contributed by atoms with van der Waals surface area (Å²) >= 11 is 0. The fraction of sp³-hybridized carbons (Fsp3) is 0.360. The summed E-state index contributed by atoms with van der Waals surface area (Å²) in [5.41, 5.74) is 1.42. The SMILES string of the molecule is CCOC(=O)COc1cc(-c2nc3ccccc3o2)c(O)cc1N(CC(=O)OCC)CC(=O)OCC. The van der Waals surface area contributed by atoms with Gasteiger partial charge in [0.05, 0.1) is 31.1 Å². The molecule has 2 aromatic carbocycles. The number of hydrogen-bond acceptors (Lipinski definition) is 11. The maximum atomic E-state index is 12.3. The Morgan fingerprint density at radius 2 is 1.53 bits per heavy atom. The number of aromatic nitrogens is 1. The number of aromatic hydroxyl groups is 1. The van der Waals surface area contributed by atoms with Gasteiger partial charge in [-0.05, 0) is 39.0 Å². The number of benzene rings is 2. The molecule has 192 valence electrons. The van der Waals surface area contributed by atoms with Gasteiger partial charge in [-0.1, -0.05) is 12.1 Å². The van der Waals surface area contributed by atoms with E-state index in [4.69, 9.17) is 23.4 Å². The van der Waals surface area contributed by atoms with Crippen LogP contribution in [0, 0.1) is 0 Å². The largest absolute Gasteiger partial charge is 0.507 e. The first-order valence-electron chi connectivity index (χ1n) is 11.4. The Kier molecular flexibility index (Phi) is 9.09. The molecule has 3 aromatic rings. The third-order valence-corrected chi connectivity index (χ3v) is 4.84. The molecule has 0 aliphatic carbocycles. The van der Waals surface area contributed by atoms with Crippen LogP contribution in [0.1, 0.15) is 20.8 Å². The number of phenolic OH excluding ortho intramolecular Hbond substituents is 1. The van der Waals surface area contributed by atoms with Gasteiger partial charge in [0, 0.05) is 6.07 Å². The Balaban J connectivity index is 2.06. The molecule has 1 N–H and O–H groups in total. The van der Waals surface area contributed by atoms with E-state index in [2.05, 4.69) is 4.98 Å². The third kappa shape index (κ3) is 6.65. The molecular formula is C25H28N2O9. The molecule has 1 aromatic heterocycles. The van der Waals surface area contributed by atoms with Gasteiger partial charge in [-0.15, -0.1) is 0 Å². The summed E-state index contributed by atoms with van der Waals surface area (Å²) in [6.45, 7) is 4.27. The highest BCUT2D eigenvalue weighted by molar-refractivity contribution is 5.85. The minimum Gasteiger partial charge on any atom is -0.507 e. The van der Waals surface area contributed by atoms with E-state index >= 15 is 0 Å². The van der Waals surface area contributed by atoms with Crippen molar-refractivity contribution in [2.45, 2.75) is 20.8 Å². The van der Waals surface area contributed by atoms with Crippen molar-refractivity contribution in [3.05, 3.63) is 36.4 Å². The number of oxazole rings is 1. The average molecular weight is 501 g/mol. The van der Waals surface area contributed by atoms with Crippen LogP contribution >= 0.6 is 0 Å². The van der Waals surface area contributed by atoms with Crippen LogP contribution in [0.3, 0.4) is 0 Å². The van der Waals surface area contributed by atoms with Gasteiger partial charge in [0.25, 0.3) is 0 Å². The summed E-state index contributed by atoms with van der Waals surface area (Å²) in [5, 5.41) is 10.9. The molecule has 0 fully saturated rings. The summed E-state index contributed by atoms with van der Waals surface area (Å²) in [7, 11) is 0. The van der Waals surface area contributed by atoms with Gasteiger partial charge in [-0.2, -0.15) is 0 Å². The molecule has 0 atom stereocenters. The monoisotopic (exact) mass is 500 g/mol. The standard InChI is InChI=1S/C25H28N2O9/c1-4-32-22(29)13-27(14-23(30)33-5-2)18-12-19(28)16(11-21(18)35-15-24(31)34-6-3)25-26-17-9-7-8-10-20(17)36-25/h7-12,28H,4-6,13-15H2,1-3H3. The summed E-state index contributed by atoms with van der Waals surface area (Å²) in [6.07, 6.45) is 0. The maximum absolute atomic E-state index is 12.3. The van der Waals surface area contributed by atoms with Crippen molar-refractivity contribution in [3.63, 3.8) is 0 Å². The molecule has 36 heavy (non-hydrogen) atoms. The number of ether oxygens (including phenoxy) is 4. The molecule has 3 rings (SSSR count). The Bertz CT molecular complexity index is 1170. The van der Waals surface area contributed by atoms with Crippen molar-refractivity contribution in [1.82, 2.24) is 4.98 Å². The third-order valence-electron chi connectivity index (χ3n) is 4.84. The second kappa shape index (κ2) is 12.4. The summed E-state index contributed by atoms with van der Waals surface area (Å²) in [5.74, 6) is -1.91. The quantitative estimate of drug-likeness (QED) is 0.290. The fourth-order valence-corrected chi connectivity index (χ4v) is 3.37. The lowest BCUT2D eigenvalue weighted by Crippen LogP contribution is -2.36. The van der Waals surface area contributed by atoms with Crippen molar-refractivity contribution in [3.8, 4) is 23.0 Å². The van der Waals surface area contributed by atoms with Crippen LogP contribution in [-0.4, -0.2) is 67.5 Å². The Labute approximate surface area is 207 Å². The maximum Gasteiger partial charge on any atom is 0.344 e. The lowest BCUT2D eigenvalue weighted by Gasteiger charge is -2.25. The van der Waals surface area contributed by atoms with E-state index in [1.807, 2.05) is 0 Å². The minimum atomic E-state index is -0.623. The highest BCUT2D eigenvalue weighted by Gasteiger charge is 2.25. The van der Waals surface area contributed by atoms with E-state index in [9.17, 15) is 19.5 Å². The highest BCUT2D eigenvalue weighted by atomic mass is 16.6. The van der Waals surface area contributed by atoms with Gasteiger partial charge >= 0.3 is 17.9 Å². The predicted octanol–water partition coefficient (Wildman–Crippen LogP) is 3.07. The van der Waals surface area contributed by atoms with Crippen LogP contribution in [-0.2, 0) is 28.6 Å². The van der Waals surface area contributed by atoms with E-state index in [0.717, 1.165) is 0 Å². The Hall–Kier alpha value is -4.28. The molecule has 0 spiro atoms. The van der Waals surface area contributed by atoms with E-state index < -0.39 is 24.5 Å². The molecule has 0 bridgehead atoms. The normalized spacial score (nSPS) is 10.6. The first-order valence-corrected chi connectivity index (χ1v) is 11.4. The van der Waals surface area contributed by atoms with Crippen molar-refractivity contribution in [2.24, 2.45) is 0 Å².